The number of rotatable bonds is 3. The Labute approximate surface area is 114 Å². The van der Waals surface area contributed by atoms with E-state index in [-0.39, 0.29) is 11.7 Å². The number of phenols is 1. The molecule has 1 aromatic rings. The average molecular weight is 262 g/mol. The Balaban J connectivity index is 2.23. The summed E-state index contributed by atoms with van der Waals surface area (Å²) in [6, 6.07) is 4.87. The van der Waals surface area contributed by atoms with Crippen molar-refractivity contribution in [2.75, 3.05) is 12.3 Å². The zero-order valence-corrected chi connectivity index (χ0v) is 11.4. The van der Waals surface area contributed by atoms with Crippen LogP contribution in [-0.4, -0.2) is 28.5 Å². The van der Waals surface area contributed by atoms with Crippen LogP contribution in [0.5, 0.6) is 5.75 Å². The Morgan fingerprint density at radius 3 is 3.00 bits per heavy atom. The van der Waals surface area contributed by atoms with Gasteiger partial charge >= 0.3 is 0 Å². The van der Waals surface area contributed by atoms with Gasteiger partial charge in [0.1, 0.15) is 5.75 Å². The molecule has 1 aliphatic heterocycles. The van der Waals surface area contributed by atoms with E-state index in [0.717, 1.165) is 32.2 Å². The third kappa shape index (κ3) is 3.00. The summed E-state index contributed by atoms with van der Waals surface area (Å²) in [5.74, 6) is 0.0353. The lowest BCUT2D eigenvalue weighted by Gasteiger charge is -2.36. The highest BCUT2D eigenvalue weighted by Crippen LogP contribution is 2.26. The summed E-state index contributed by atoms with van der Waals surface area (Å²) in [7, 11) is 0. The summed E-state index contributed by atoms with van der Waals surface area (Å²) in [5.41, 5.74) is 6.71. The average Bonchev–Trinajstić information content (AvgIpc) is 2.42. The smallest absolute Gasteiger partial charge is 0.256 e. The second kappa shape index (κ2) is 5.95. The predicted octanol–water partition coefficient (Wildman–Crippen LogP) is 2.77. The van der Waals surface area contributed by atoms with Gasteiger partial charge in [-0.05, 0) is 43.9 Å². The van der Waals surface area contributed by atoms with Gasteiger partial charge in [-0.25, -0.2) is 0 Å². The third-order valence-electron chi connectivity index (χ3n) is 3.78. The number of benzene rings is 1. The van der Waals surface area contributed by atoms with Gasteiger partial charge < -0.3 is 15.7 Å². The number of aromatic hydroxyl groups is 1. The first-order valence-corrected chi connectivity index (χ1v) is 7.03. The molecule has 1 heterocycles. The van der Waals surface area contributed by atoms with Crippen molar-refractivity contribution in [3.8, 4) is 5.75 Å². The van der Waals surface area contributed by atoms with E-state index in [1.54, 1.807) is 6.07 Å². The van der Waals surface area contributed by atoms with Gasteiger partial charge in [-0.1, -0.05) is 13.3 Å². The molecule has 1 atom stereocenters. The molecule has 0 spiro atoms. The Morgan fingerprint density at radius 1 is 1.47 bits per heavy atom. The maximum Gasteiger partial charge on any atom is 0.256 e. The van der Waals surface area contributed by atoms with E-state index in [2.05, 4.69) is 6.92 Å². The van der Waals surface area contributed by atoms with Crippen LogP contribution in [0.3, 0.4) is 0 Å². The molecule has 1 aromatic carbocycles. The molecule has 0 saturated carbocycles. The zero-order chi connectivity index (χ0) is 13.8. The standard InChI is InChI=1S/C15H22N2O2/c1-2-5-11-6-3-4-9-17(11)15(19)13-10-12(18)7-8-14(13)16/h7-8,10-11,18H,2-6,9,16H2,1H3. The molecular weight excluding hydrogens is 240 g/mol. The zero-order valence-electron chi connectivity index (χ0n) is 11.4. The minimum absolute atomic E-state index is 0.0495. The number of likely N-dealkylation sites (tertiary alicyclic amines) is 1. The number of hydrogen-bond acceptors (Lipinski definition) is 3. The number of nitrogen functional groups attached to an aromatic ring is 1. The number of amides is 1. The summed E-state index contributed by atoms with van der Waals surface area (Å²) in [4.78, 5) is 14.5. The van der Waals surface area contributed by atoms with Crippen LogP contribution in [0.2, 0.25) is 0 Å². The third-order valence-corrected chi connectivity index (χ3v) is 3.78. The lowest BCUT2D eigenvalue weighted by molar-refractivity contribution is 0.0601. The molecule has 0 aromatic heterocycles. The molecule has 3 N–H and O–H groups in total. The Hall–Kier alpha value is -1.71. The van der Waals surface area contributed by atoms with Crippen molar-refractivity contribution in [3.63, 3.8) is 0 Å². The largest absolute Gasteiger partial charge is 0.508 e. The predicted molar refractivity (Wildman–Crippen MR) is 76.1 cm³/mol. The monoisotopic (exact) mass is 262 g/mol. The fourth-order valence-electron chi connectivity index (χ4n) is 2.79. The van der Waals surface area contributed by atoms with E-state index in [1.807, 2.05) is 4.90 Å². The number of hydrogen-bond donors (Lipinski definition) is 2. The SMILES string of the molecule is CCCC1CCCCN1C(=O)c1cc(O)ccc1N. The van der Waals surface area contributed by atoms with Gasteiger partial charge in [-0.3, -0.25) is 4.79 Å². The summed E-state index contributed by atoms with van der Waals surface area (Å²) >= 11 is 0. The molecule has 1 unspecified atom stereocenters. The lowest BCUT2D eigenvalue weighted by Crippen LogP contribution is -2.43. The summed E-state index contributed by atoms with van der Waals surface area (Å²) < 4.78 is 0. The highest BCUT2D eigenvalue weighted by molar-refractivity contribution is 5.99. The van der Waals surface area contributed by atoms with Gasteiger partial charge in [0.05, 0.1) is 5.56 Å². The molecule has 0 aliphatic carbocycles. The van der Waals surface area contributed by atoms with Crippen molar-refractivity contribution in [2.45, 2.75) is 45.1 Å². The van der Waals surface area contributed by atoms with Crippen molar-refractivity contribution in [2.24, 2.45) is 0 Å². The maximum absolute atomic E-state index is 12.6. The van der Waals surface area contributed by atoms with Gasteiger partial charge in [0.25, 0.3) is 5.91 Å². The number of carbonyl (C=O) groups excluding carboxylic acids is 1. The van der Waals surface area contributed by atoms with Crippen LogP contribution in [-0.2, 0) is 0 Å². The van der Waals surface area contributed by atoms with Crippen LogP contribution in [0.25, 0.3) is 0 Å². The topological polar surface area (TPSA) is 66.6 Å². The van der Waals surface area contributed by atoms with E-state index in [1.165, 1.54) is 18.6 Å². The first-order valence-electron chi connectivity index (χ1n) is 7.03. The van der Waals surface area contributed by atoms with Gasteiger partial charge in [0, 0.05) is 18.3 Å². The fraction of sp³-hybridized carbons (Fsp3) is 0.533. The molecule has 104 valence electrons. The van der Waals surface area contributed by atoms with Crippen LogP contribution in [0.1, 0.15) is 49.4 Å². The Morgan fingerprint density at radius 2 is 2.26 bits per heavy atom. The number of piperidine rings is 1. The summed E-state index contributed by atoms with van der Waals surface area (Å²) in [6.45, 7) is 2.93. The number of nitrogens with zero attached hydrogens (tertiary/aromatic N) is 1. The normalized spacial score (nSPS) is 19.4. The summed E-state index contributed by atoms with van der Waals surface area (Å²) in [5, 5.41) is 9.53. The molecule has 1 saturated heterocycles. The van der Waals surface area contributed by atoms with E-state index < -0.39 is 0 Å². The summed E-state index contributed by atoms with van der Waals surface area (Å²) in [6.07, 6.45) is 5.40. The van der Waals surface area contributed by atoms with Crippen LogP contribution in [0.4, 0.5) is 5.69 Å². The van der Waals surface area contributed by atoms with E-state index >= 15 is 0 Å². The number of nitrogens with two attached hydrogens (primary N) is 1. The first-order chi connectivity index (χ1) is 9.13. The van der Waals surface area contributed by atoms with Crippen molar-refractivity contribution in [1.29, 1.82) is 0 Å². The highest BCUT2D eigenvalue weighted by atomic mass is 16.3. The minimum atomic E-state index is -0.0495. The van der Waals surface area contributed by atoms with Crippen molar-refractivity contribution in [1.82, 2.24) is 4.90 Å². The van der Waals surface area contributed by atoms with E-state index in [0.29, 0.717) is 17.3 Å². The second-order valence-corrected chi connectivity index (χ2v) is 5.21. The first kappa shape index (κ1) is 13.7. The maximum atomic E-state index is 12.6. The molecule has 1 aliphatic rings. The van der Waals surface area contributed by atoms with Crippen molar-refractivity contribution in [3.05, 3.63) is 23.8 Å². The highest BCUT2D eigenvalue weighted by Gasteiger charge is 2.27. The number of phenolic OH excluding ortho intramolecular Hbond substituents is 1. The van der Waals surface area contributed by atoms with Crippen LogP contribution in [0, 0.1) is 0 Å². The molecule has 4 nitrogen and oxygen atoms in total. The number of carbonyl (C=O) groups is 1. The molecule has 4 heteroatoms. The Bertz CT molecular complexity index is 457. The molecule has 0 bridgehead atoms. The van der Waals surface area contributed by atoms with Crippen molar-refractivity contribution < 1.29 is 9.90 Å². The van der Waals surface area contributed by atoms with Crippen molar-refractivity contribution >= 4 is 11.6 Å². The molecule has 19 heavy (non-hydrogen) atoms. The molecule has 0 radical (unpaired) electrons. The molecular formula is C15H22N2O2. The van der Waals surface area contributed by atoms with Crippen LogP contribution >= 0.6 is 0 Å². The fourth-order valence-corrected chi connectivity index (χ4v) is 2.79. The molecule has 1 amide bonds. The lowest BCUT2D eigenvalue weighted by atomic mass is 9.97. The minimum Gasteiger partial charge on any atom is -0.508 e. The van der Waals surface area contributed by atoms with E-state index in [9.17, 15) is 9.90 Å². The molecule has 1 fully saturated rings. The second-order valence-electron chi connectivity index (χ2n) is 5.21. The van der Waals surface area contributed by atoms with Gasteiger partial charge in [0.2, 0.25) is 0 Å². The number of anilines is 1. The Kier molecular flexibility index (Phi) is 4.30. The quantitative estimate of drug-likeness (QED) is 0.650. The van der Waals surface area contributed by atoms with E-state index in [4.69, 9.17) is 5.73 Å². The molecule has 2 rings (SSSR count). The van der Waals surface area contributed by atoms with Gasteiger partial charge in [0.15, 0.2) is 0 Å². The van der Waals surface area contributed by atoms with Crippen LogP contribution < -0.4 is 5.73 Å². The van der Waals surface area contributed by atoms with Crippen LogP contribution in [0.15, 0.2) is 18.2 Å². The van der Waals surface area contributed by atoms with Gasteiger partial charge in [-0.15, -0.1) is 0 Å². The van der Waals surface area contributed by atoms with Gasteiger partial charge in [-0.2, -0.15) is 0 Å².